The molecule has 2 amide bonds. The molecule has 122 valence electrons. The quantitative estimate of drug-likeness (QED) is 0.907. The maximum Gasteiger partial charge on any atom is 0.315 e. The zero-order chi connectivity index (χ0) is 16.1. The second-order valence-electron chi connectivity index (χ2n) is 6.16. The summed E-state index contributed by atoms with van der Waals surface area (Å²) in [6, 6.07) is 4.73. The fraction of sp³-hybridized carbons (Fsp3) is 0.588. The molecule has 22 heavy (non-hydrogen) atoms. The van der Waals surface area contributed by atoms with Crippen molar-refractivity contribution in [1.82, 2.24) is 4.90 Å². The van der Waals surface area contributed by atoms with Crippen LogP contribution in [0.2, 0.25) is 0 Å². The molecule has 0 heterocycles. The van der Waals surface area contributed by atoms with Crippen molar-refractivity contribution >= 4 is 6.03 Å². The van der Waals surface area contributed by atoms with Gasteiger partial charge in [0.15, 0.2) is 11.6 Å². The predicted octanol–water partition coefficient (Wildman–Crippen LogP) is 3.34. The van der Waals surface area contributed by atoms with Crippen molar-refractivity contribution in [3.05, 3.63) is 29.6 Å². The van der Waals surface area contributed by atoms with Gasteiger partial charge in [0, 0.05) is 12.6 Å². The van der Waals surface area contributed by atoms with E-state index in [9.17, 15) is 9.18 Å². The molecule has 1 aliphatic rings. The zero-order valence-electron chi connectivity index (χ0n) is 13.3. The number of nitrogens with two attached hydrogens (primary N) is 1. The molecule has 0 radical (unpaired) electrons. The summed E-state index contributed by atoms with van der Waals surface area (Å²) < 4.78 is 18.6. The van der Waals surface area contributed by atoms with Gasteiger partial charge < -0.3 is 15.4 Å². The number of hydrogen-bond donors (Lipinski definition) is 1. The number of amides is 2. The summed E-state index contributed by atoms with van der Waals surface area (Å²) in [5.41, 5.74) is 6.38. The number of benzene rings is 1. The molecule has 0 atom stereocenters. The predicted molar refractivity (Wildman–Crippen MR) is 84.4 cm³/mol. The lowest BCUT2D eigenvalue weighted by Gasteiger charge is -2.35. The number of carbonyl (C=O) groups excluding carboxylic acids is 1. The van der Waals surface area contributed by atoms with Crippen molar-refractivity contribution in [3.63, 3.8) is 0 Å². The summed E-state index contributed by atoms with van der Waals surface area (Å²) in [5.74, 6) is 0.579. The van der Waals surface area contributed by atoms with Gasteiger partial charge in [-0.05, 0) is 55.7 Å². The summed E-state index contributed by atoms with van der Waals surface area (Å²) in [7, 11) is 1.44. The Balaban J connectivity index is 1.97. The van der Waals surface area contributed by atoms with Crippen molar-refractivity contribution in [3.8, 4) is 5.75 Å². The van der Waals surface area contributed by atoms with Gasteiger partial charge in [0.25, 0.3) is 0 Å². The third-order valence-electron chi connectivity index (χ3n) is 4.57. The molecular weight excluding hydrogens is 283 g/mol. The number of urea groups is 1. The lowest BCUT2D eigenvalue weighted by molar-refractivity contribution is 0.153. The minimum absolute atomic E-state index is 0.219. The Morgan fingerprint density at radius 3 is 2.59 bits per heavy atom. The van der Waals surface area contributed by atoms with E-state index in [4.69, 9.17) is 10.5 Å². The molecule has 1 aliphatic carbocycles. The summed E-state index contributed by atoms with van der Waals surface area (Å²) >= 11 is 0. The smallest absolute Gasteiger partial charge is 0.315 e. The van der Waals surface area contributed by atoms with E-state index < -0.39 is 0 Å². The fourth-order valence-electron chi connectivity index (χ4n) is 3.14. The molecular formula is C17H25FN2O2. The second kappa shape index (κ2) is 7.47. The molecule has 0 bridgehead atoms. The number of ether oxygens (including phenoxy) is 1. The average molecular weight is 308 g/mol. The van der Waals surface area contributed by atoms with Gasteiger partial charge in [0.2, 0.25) is 0 Å². The number of rotatable bonds is 5. The van der Waals surface area contributed by atoms with Crippen LogP contribution in [-0.4, -0.2) is 30.6 Å². The van der Waals surface area contributed by atoms with Crippen LogP contribution in [0.1, 0.15) is 38.2 Å². The zero-order valence-corrected chi connectivity index (χ0v) is 13.3. The van der Waals surface area contributed by atoms with E-state index in [-0.39, 0.29) is 23.6 Å². The molecule has 0 saturated heterocycles. The molecule has 1 saturated carbocycles. The summed E-state index contributed by atoms with van der Waals surface area (Å²) in [6.07, 6.45) is 4.86. The largest absolute Gasteiger partial charge is 0.494 e. The minimum Gasteiger partial charge on any atom is -0.494 e. The van der Waals surface area contributed by atoms with E-state index in [1.807, 2.05) is 6.07 Å². The van der Waals surface area contributed by atoms with Gasteiger partial charge in [-0.3, -0.25) is 0 Å². The lowest BCUT2D eigenvalue weighted by atomic mass is 9.86. The van der Waals surface area contributed by atoms with Crippen LogP contribution in [0.15, 0.2) is 18.2 Å². The molecule has 1 fully saturated rings. The van der Waals surface area contributed by atoms with Crippen LogP contribution in [0.3, 0.4) is 0 Å². The average Bonchev–Trinajstić information content (AvgIpc) is 2.49. The Bertz CT molecular complexity index is 513. The van der Waals surface area contributed by atoms with E-state index >= 15 is 0 Å². The molecule has 2 rings (SSSR count). The van der Waals surface area contributed by atoms with Gasteiger partial charge in [0.1, 0.15) is 0 Å². The number of hydrogen-bond acceptors (Lipinski definition) is 2. The highest BCUT2D eigenvalue weighted by molar-refractivity contribution is 5.72. The molecule has 0 aliphatic heterocycles. The summed E-state index contributed by atoms with van der Waals surface area (Å²) in [5, 5.41) is 0. The molecule has 0 unspecified atom stereocenters. The molecule has 2 N–H and O–H groups in total. The van der Waals surface area contributed by atoms with E-state index in [1.54, 1.807) is 11.0 Å². The Hall–Kier alpha value is -1.78. The molecule has 1 aromatic carbocycles. The van der Waals surface area contributed by atoms with Crippen LogP contribution in [0.4, 0.5) is 9.18 Å². The first-order chi connectivity index (χ1) is 10.5. The van der Waals surface area contributed by atoms with Crippen LogP contribution in [-0.2, 0) is 6.42 Å². The van der Waals surface area contributed by atoms with Crippen molar-refractivity contribution in [1.29, 1.82) is 0 Å². The van der Waals surface area contributed by atoms with E-state index in [0.29, 0.717) is 13.0 Å². The lowest BCUT2D eigenvalue weighted by Crippen LogP contribution is -2.46. The molecule has 1 aromatic rings. The number of carbonyl (C=O) groups is 1. The Labute approximate surface area is 131 Å². The Kier molecular flexibility index (Phi) is 5.63. The molecule has 5 heteroatoms. The van der Waals surface area contributed by atoms with Crippen LogP contribution in [0, 0.1) is 11.7 Å². The van der Waals surface area contributed by atoms with Gasteiger partial charge in [-0.15, -0.1) is 0 Å². The Morgan fingerprint density at radius 2 is 2.05 bits per heavy atom. The monoisotopic (exact) mass is 308 g/mol. The van der Waals surface area contributed by atoms with E-state index in [0.717, 1.165) is 37.2 Å². The third-order valence-corrected chi connectivity index (χ3v) is 4.57. The fourth-order valence-corrected chi connectivity index (χ4v) is 3.14. The SMILES string of the molecule is COc1ccc(CCN(C(N)=O)[C@H]2CC[C@H](C)CC2)cc1F. The Morgan fingerprint density at radius 1 is 1.36 bits per heavy atom. The molecule has 0 aromatic heterocycles. The van der Waals surface area contributed by atoms with Crippen LogP contribution in [0.5, 0.6) is 5.75 Å². The van der Waals surface area contributed by atoms with Gasteiger partial charge >= 0.3 is 6.03 Å². The number of primary amides is 1. The van der Waals surface area contributed by atoms with Crippen LogP contribution in [0.25, 0.3) is 0 Å². The summed E-state index contributed by atoms with van der Waals surface area (Å²) in [4.78, 5) is 13.5. The highest BCUT2D eigenvalue weighted by atomic mass is 19.1. The second-order valence-corrected chi connectivity index (χ2v) is 6.16. The topological polar surface area (TPSA) is 55.6 Å². The van der Waals surface area contributed by atoms with Crippen molar-refractivity contribution in [2.45, 2.75) is 45.1 Å². The van der Waals surface area contributed by atoms with Crippen molar-refractivity contribution in [2.75, 3.05) is 13.7 Å². The standard InChI is InChI=1S/C17H25FN2O2/c1-12-3-6-14(7-4-12)20(17(19)21)10-9-13-5-8-16(22-2)15(18)11-13/h5,8,11-12,14H,3-4,6-7,9-10H2,1-2H3,(H2,19,21)/t12-,14-. The summed E-state index contributed by atoms with van der Waals surface area (Å²) in [6.45, 7) is 2.77. The molecule has 0 spiro atoms. The van der Waals surface area contributed by atoms with E-state index in [2.05, 4.69) is 6.92 Å². The first kappa shape index (κ1) is 16.6. The van der Waals surface area contributed by atoms with E-state index in [1.165, 1.54) is 13.2 Å². The van der Waals surface area contributed by atoms with Gasteiger partial charge in [-0.2, -0.15) is 0 Å². The number of halogens is 1. The van der Waals surface area contributed by atoms with Crippen molar-refractivity contribution in [2.24, 2.45) is 11.7 Å². The van der Waals surface area contributed by atoms with Crippen LogP contribution < -0.4 is 10.5 Å². The van der Waals surface area contributed by atoms with Crippen LogP contribution >= 0.6 is 0 Å². The minimum atomic E-state index is -0.381. The normalized spacial score (nSPS) is 21.4. The first-order valence-corrected chi connectivity index (χ1v) is 7.89. The van der Waals surface area contributed by atoms with Crippen molar-refractivity contribution < 1.29 is 13.9 Å². The highest BCUT2D eigenvalue weighted by Crippen LogP contribution is 2.27. The molecule has 4 nitrogen and oxygen atoms in total. The number of nitrogens with zero attached hydrogens (tertiary/aromatic N) is 1. The third kappa shape index (κ3) is 4.12. The maximum absolute atomic E-state index is 13.7. The van der Waals surface area contributed by atoms with Gasteiger partial charge in [-0.25, -0.2) is 9.18 Å². The number of methoxy groups -OCH3 is 1. The first-order valence-electron chi connectivity index (χ1n) is 7.89. The van der Waals surface area contributed by atoms with Gasteiger partial charge in [0.05, 0.1) is 7.11 Å². The van der Waals surface area contributed by atoms with Gasteiger partial charge in [-0.1, -0.05) is 13.0 Å². The highest BCUT2D eigenvalue weighted by Gasteiger charge is 2.26. The maximum atomic E-state index is 13.7.